The van der Waals surface area contributed by atoms with E-state index in [1.165, 1.54) is 0 Å². The number of para-hydroxylation sites is 1. The van der Waals surface area contributed by atoms with Crippen LogP contribution < -0.4 is 10.6 Å². The van der Waals surface area contributed by atoms with Gasteiger partial charge in [-0.15, -0.1) is 0 Å². The van der Waals surface area contributed by atoms with E-state index < -0.39 is 0 Å². The summed E-state index contributed by atoms with van der Waals surface area (Å²) in [6.45, 7) is 0. The monoisotopic (exact) mass is 261 g/mol. The summed E-state index contributed by atoms with van der Waals surface area (Å²) in [5.74, 6) is -0.141. The first-order chi connectivity index (χ1) is 8.70. The van der Waals surface area contributed by atoms with Gasteiger partial charge >= 0.3 is 0 Å². The van der Waals surface area contributed by atoms with Gasteiger partial charge in [-0.1, -0.05) is 23.7 Å². The molecule has 1 aromatic heterocycles. The standard InChI is InChI=1S/C13H12ClN3O/c1-15-13(18)10-4-2-3-5-11(10)17-9-6-7-16-12(14)8-9/h2-8H,1H3,(H,15,18)(H,16,17). The molecule has 1 aromatic carbocycles. The maximum atomic E-state index is 11.7. The fraction of sp³-hybridized carbons (Fsp3) is 0.0769. The Balaban J connectivity index is 2.32. The van der Waals surface area contributed by atoms with Gasteiger partial charge in [0.1, 0.15) is 5.15 Å². The van der Waals surface area contributed by atoms with Gasteiger partial charge in [0.05, 0.1) is 11.3 Å². The van der Waals surface area contributed by atoms with Crippen LogP contribution >= 0.6 is 11.6 Å². The summed E-state index contributed by atoms with van der Waals surface area (Å²) in [7, 11) is 1.60. The van der Waals surface area contributed by atoms with Crippen molar-refractivity contribution in [2.45, 2.75) is 0 Å². The maximum Gasteiger partial charge on any atom is 0.253 e. The quantitative estimate of drug-likeness (QED) is 0.836. The highest BCUT2D eigenvalue weighted by molar-refractivity contribution is 6.29. The fourth-order valence-corrected chi connectivity index (χ4v) is 1.73. The molecule has 5 heteroatoms. The number of hydrogen-bond donors (Lipinski definition) is 2. The van der Waals surface area contributed by atoms with Crippen molar-refractivity contribution in [1.82, 2.24) is 10.3 Å². The van der Waals surface area contributed by atoms with E-state index in [-0.39, 0.29) is 5.91 Å². The van der Waals surface area contributed by atoms with Crippen LogP contribution in [0.2, 0.25) is 5.15 Å². The van der Waals surface area contributed by atoms with Crippen molar-refractivity contribution < 1.29 is 4.79 Å². The van der Waals surface area contributed by atoms with Crippen molar-refractivity contribution in [2.75, 3.05) is 12.4 Å². The summed E-state index contributed by atoms with van der Waals surface area (Å²) in [6.07, 6.45) is 1.60. The van der Waals surface area contributed by atoms with Crippen LogP contribution in [-0.4, -0.2) is 17.9 Å². The molecule has 2 N–H and O–H groups in total. The van der Waals surface area contributed by atoms with Crippen molar-refractivity contribution in [3.63, 3.8) is 0 Å². The van der Waals surface area contributed by atoms with Gasteiger partial charge < -0.3 is 10.6 Å². The van der Waals surface area contributed by atoms with Crippen molar-refractivity contribution in [3.05, 3.63) is 53.3 Å². The van der Waals surface area contributed by atoms with Gasteiger partial charge in [0.15, 0.2) is 0 Å². The number of benzene rings is 1. The average molecular weight is 262 g/mol. The number of carbonyl (C=O) groups excluding carboxylic acids is 1. The van der Waals surface area contributed by atoms with E-state index in [1.54, 1.807) is 31.4 Å². The molecule has 92 valence electrons. The molecule has 18 heavy (non-hydrogen) atoms. The van der Waals surface area contributed by atoms with Crippen LogP contribution in [0, 0.1) is 0 Å². The first-order valence-electron chi connectivity index (χ1n) is 5.40. The second kappa shape index (κ2) is 5.51. The molecule has 1 amide bonds. The highest BCUT2D eigenvalue weighted by Crippen LogP contribution is 2.21. The third kappa shape index (κ3) is 2.78. The molecule has 0 aliphatic rings. The van der Waals surface area contributed by atoms with Gasteiger partial charge in [-0.3, -0.25) is 4.79 Å². The zero-order valence-electron chi connectivity index (χ0n) is 9.77. The molecule has 2 aromatic rings. The second-order valence-corrected chi connectivity index (χ2v) is 4.00. The lowest BCUT2D eigenvalue weighted by atomic mass is 10.1. The molecule has 0 aliphatic heterocycles. The van der Waals surface area contributed by atoms with Gasteiger partial charge in [-0.2, -0.15) is 0 Å². The summed E-state index contributed by atoms with van der Waals surface area (Å²) in [5.41, 5.74) is 2.08. The van der Waals surface area contributed by atoms with E-state index in [9.17, 15) is 4.79 Å². The molecular weight excluding hydrogens is 250 g/mol. The first kappa shape index (κ1) is 12.4. The zero-order valence-corrected chi connectivity index (χ0v) is 10.5. The largest absolute Gasteiger partial charge is 0.355 e. The SMILES string of the molecule is CNC(=O)c1ccccc1Nc1ccnc(Cl)c1. The number of hydrogen-bond acceptors (Lipinski definition) is 3. The van der Waals surface area contributed by atoms with Crippen LogP contribution in [0.5, 0.6) is 0 Å². The third-order valence-corrected chi connectivity index (χ3v) is 2.61. The number of nitrogens with zero attached hydrogens (tertiary/aromatic N) is 1. The molecule has 0 saturated carbocycles. The molecule has 0 saturated heterocycles. The number of pyridine rings is 1. The number of amides is 1. The number of carbonyl (C=O) groups is 1. The van der Waals surface area contributed by atoms with Crippen molar-refractivity contribution >= 4 is 28.9 Å². The van der Waals surface area contributed by atoms with Gasteiger partial charge in [-0.25, -0.2) is 4.98 Å². The Hall–Kier alpha value is -2.07. The molecule has 0 bridgehead atoms. The normalized spacial score (nSPS) is 9.89. The van der Waals surface area contributed by atoms with Gasteiger partial charge in [-0.05, 0) is 24.3 Å². The smallest absolute Gasteiger partial charge is 0.253 e. The van der Waals surface area contributed by atoms with Crippen LogP contribution in [0.15, 0.2) is 42.6 Å². The molecule has 4 nitrogen and oxygen atoms in total. The molecule has 0 fully saturated rings. The Bertz CT molecular complexity index is 572. The minimum absolute atomic E-state index is 0.141. The van der Waals surface area contributed by atoms with E-state index in [4.69, 9.17) is 11.6 Å². The third-order valence-electron chi connectivity index (χ3n) is 2.40. The summed E-state index contributed by atoms with van der Waals surface area (Å²) in [4.78, 5) is 15.6. The molecule has 0 unspecified atom stereocenters. The van der Waals surface area contributed by atoms with E-state index in [0.717, 1.165) is 11.4 Å². The molecule has 0 spiro atoms. The van der Waals surface area contributed by atoms with Gasteiger partial charge in [0.2, 0.25) is 0 Å². The minimum Gasteiger partial charge on any atom is -0.355 e. The van der Waals surface area contributed by atoms with Crippen LogP contribution in [0.3, 0.4) is 0 Å². The highest BCUT2D eigenvalue weighted by atomic mass is 35.5. The predicted molar refractivity (Wildman–Crippen MR) is 72.4 cm³/mol. The van der Waals surface area contributed by atoms with Crippen LogP contribution in [0.4, 0.5) is 11.4 Å². The molecule has 2 rings (SSSR count). The summed E-state index contributed by atoms with van der Waals surface area (Å²) >= 11 is 5.81. The topological polar surface area (TPSA) is 54.0 Å². The van der Waals surface area contributed by atoms with Crippen molar-refractivity contribution in [3.8, 4) is 0 Å². The molecule has 0 radical (unpaired) electrons. The Morgan fingerprint density at radius 1 is 1.28 bits per heavy atom. The van der Waals surface area contributed by atoms with E-state index in [1.807, 2.05) is 18.2 Å². The zero-order chi connectivity index (χ0) is 13.0. The molecule has 1 heterocycles. The maximum absolute atomic E-state index is 11.7. The van der Waals surface area contributed by atoms with Crippen molar-refractivity contribution in [1.29, 1.82) is 0 Å². The van der Waals surface area contributed by atoms with E-state index in [2.05, 4.69) is 15.6 Å². The van der Waals surface area contributed by atoms with Crippen LogP contribution in [0.1, 0.15) is 10.4 Å². The number of aromatic nitrogens is 1. The second-order valence-electron chi connectivity index (χ2n) is 3.62. The summed E-state index contributed by atoms with van der Waals surface area (Å²) < 4.78 is 0. The van der Waals surface area contributed by atoms with E-state index >= 15 is 0 Å². The summed E-state index contributed by atoms with van der Waals surface area (Å²) in [6, 6.07) is 10.7. The highest BCUT2D eigenvalue weighted by Gasteiger charge is 2.09. The Morgan fingerprint density at radius 2 is 2.06 bits per heavy atom. The first-order valence-corrected chi connectivity index (χ1v) is 5.78. The lowest BCUT2D eigenvalue weighted by molar-refractivity contribution is 0.0964. The van der Waals surface area contributed by atoms with E-state index in [0.29, 0.717) is 10.7 Å². The minimum atomic E-state index is -0.141. The Morgan fingerprint density at radius 3 is 2.78 bits per heavy atom. The predicted octanol–water partition coefficient (Wildman–Crippen LogP) is 2.84. The van der Waals surface area contributed by atoms with Gasteiger partial charge in [0.25, 0.3) is 5.91 Å². The Labute approximate surface area is 110 Å². The van der Waals surface area contributed by atoms with Gasteiger partial charge in [0, 0.05) is 18.9 Å². The lowest BCUT2D eigenvalue weighted by Gasteiger charge is -2.10. The summed E-state index contributed by atoms with van der Waals surface area (Å²) in [5, 5.41) is 6.15. The molecule has 0 atom stereocenters. The Kier molecular flexibility index (Phi) is 3.79. The molecular formula is C13H12ClN3O. The molecule has 0 aliphatic carbocycles. The lowest BCUT2D eigenvalue weighted by Crippen LogP contribution is -2.19. The number of rotatable bonds is 3. The fourth-order valence-electron chi connectivity index (χ4n) is 1.56. The number of anilines is 2. The number of halogens is 1. The van der Waals surface area contributed by atoms with Crippen molar-refractivity contribution in [2.24, 2.45) is 0 Å². The van der Waals surface area contributed by atoms with Crippen LogP contribution in [-0.2, 0) is 0 Å². The average Bonchev–Trinajstić information content (AvgIpc) is 2.38. The van der Waals surface area contributed by atoms with Crippen LogP contribution in [0.25, 0.3) is 0 Å². The number of nitrogens with one attached hydrogen (secondary N) is 2.